The topological polar surface area (TPSA) is 64.3 Å². The molecule has 4 nitrogen and oxygen atoms in total. The lowest BCUT2D eigenvalue weighted by Crippen LogP contribution is -2.31. The normalized spacial score (nSPS) is 16.4. The van der Waals surface area contributed by atoms with Crippen LogP contribution in [0.3, 0.4) is 0 Å². The third kappa shape index (κ3) is 2.20. The Balaban J connectivity index is 1.74. The molecule has 0 saturated carbocycles. The fourth-order valence-corrected chi connectivity index (χ4v) is 2.33. The molecular weight excluding hydrogens is 252 g/mol. The lowest BCUT2D eigenvalue weighted by atomic mass is 10.1. The molecule has 0 aromatic heterocycles. The van der Waals surface area contributed by atoms with Crippen molar-refractivity contribution in [3.05, 3.63) is 53.6 Å². The summed E-state index contributed by atoms with van der Waals surface area (Å²) in [5.41, 5.74) is 9.17. The number of rotatable bonds is 2. The third-order valence-electron chi connectivity index (χ3n) is 3.57. The lowest BCUT2D eigenvalue weighted by Gasteiger charge is -2.14. The maximum absolute atomic E-state index is 12.3. The summed E-state index contributed by atoms with van der Waals surface area (Å²) in [6, 6.07) is 13.2. The van der Waals surface area contributed by atoms with Gasteiger partial charge in [0.25, 0.3) is 5.91 Å². The van der Waals surface area contributed by atoms with E-state index in [4.69, 9.17) is 10.5 Å². The van der Waals surface area contributed by atoms with Crippen LogP contribution in [-0.4, -0.2) is 12.0 Å². The van der Waals surface area contributed by atoms with Crippen LogP contribution < -0.4 is 15.8 Å². The van der Waals surface area contributed by atoms with Gasteiger partial charge >= 0.3 is 0 Å². The van der Waals surface area contributed by atoms with E-state index in [1.165, 1.54) is 0 Å². The molecule has 102 valence electrons. The van der Waals surface area contributed by atoms with Crippen LogP contribution in [0.25, 0.3) is 0 Å². The summed E-state index contributed by atoms with van der Waals surface area (Å²) in [6.45, 7) is 1.88. The molecular formula is C16H16N2O2. The van der Waals surface area contributed by atoms with Gasteiger partial charge in [0.15, 0.2) is 6.10 Å². The van der Waals surface area contributed by atoms with Gasteiger partial charge in [-0.25, -0.2) is 0 Å². The van der Waals surface area contributed by atoms with Gasteiger partial charge in [-0.05, 0) is 36.2 Å². The number of hydrogen-bond acceptors (Lipinski definition) is 3. The van der Waals surface area contributed by atoms with Crippen molar-refractivity contribution in [2.24, 2.45) is 0 Å². The number of hydrogen-bond donors (Lipinski definition) is 2. The van der Waals surface area contributed by atoms with Crippen molar-refractivity contribution in [2.45, 2.75) is 19.4 Å². The van der Waals surface area contributed by atoms with E-state index in [-0.39, 0.29) is 5.91 Å². The first-order chi connectivity index (χ1) is 9.65. The number of nitrogens with one attached hydrogen (secondary N) is 1. The van der Waals surface area contributed by atoms with Gasteiger partial charge in [-0.15, -0.1) is 0 Å². The largest absolute Gasteiger partial charge is 0.480 e. The minimum absolute atomic E-state index is 0.144. The van der Waals surface area contributed by atoms with Crippen LogP contribution in [0.1, 0.15) is 11.1 Å². The van der Waals surface area contributed by atoms with Crippen LogP contribution in [-0.2, 0) is 11.2 Å². The minimum atomic E-state index is -0.478. The van der Waals surface area contributed by atoms with Crippen molar-refractivity contribution in [2.75, 3.05) is 11.1 Å². The van der Waals surface area contributed by atoms with Crippen molar-refractivity contribution >= 4 is 17.3 Å². The van der Waals surface area contributed by atoms with Crippen LogP contribution in [0.2, 0.25) is 0 Å². The number of carbonyl (C=O) groups is 1. The smallest absolute Gasteiger partial charge is 0.265 e. The van der Waals surface area contributed by atoms with Crippen LogP contribution in [0.5, 0.6) is 5.75 Å². The van der Waals surface area contributed by atoms with Gasteiger partial charge in [-0.1, -0.05) is 24.3 Å². The Morgan fingerprint density at radius 3 is 2.85 bits per heavy atom. The average molecular weight is 268 g/mol. The number of nitrogens with two attached hydrogens (primary N) is 1. The molecule has 1 unspecified atom stereocenters. The van der Waals surface area contributed by atoms with Crippen LogP contribution in [0, 0.1) is 6.92 Å². The zero-order valence-electron chi connectivity index (χ0n) is 11.2. The van der Waals surface area contributed by atoms with Crippen molar-refractivity contribution < 1.29 is 9.53 Å². The summed E-state index contributed by atoms with van der Waals surface area (Å²) >= 11 is 0. The molecule has 2 aromatic carbocycles. The number of carbonyl (C=O) groups excluding carboxylic acids is 1. The number of para-hydroxylation sites is 1. The number of amides is 1. The quantitative estimate of drug-likeness (QED) is 0.823. The first-order valence-electron chi connectivity index (χ1n) is 6.55. The van der Waals surface area contributed by atoms with Gasteiger partial charge in [0.2, 0.25) is 0 Å². The molecule has 0 radical (unpaired) electrons. The molecule has 0 aliphatic carbocycles. The Morgan fingerprint density at radius 2 is 2.05 bits per heavy atom. The number of anilines is 2. The van der Waals surface area contributed by atoms with E-state index in [1.807, 2.05) is 49.4 Å². The summed E-state index contributed by atoms with van der Waals surface area (Å²) in [5, 5.41) is 2.88. The molecule has 3 N–H and O–H groups in total. The monoisotopic (exact) mass is 268 g/mol. The molecule has 0 saturated heterocycles. The zero-order valence-corrected chi connectivity index (χ0v) is 11.2. The molecule has 4 heteroatoms. The van der Waals surface area contributed by atoms with E-state index in [0.29, 0.717) is 12.1 Å². The summed E-state index contributed by atoms with van der Waals surface area (Å²) in [6.07, 6.45) is 0.122. The van der Waals surface area contributed by atoms with E-state index in [2.05, 4.69) is 5.32 Å². The van der Waals surface area contributed by atoms with E-state index in [1.54, 1.807) is 0 Å². The van der Waals surface area contributed by atoms with Gasteiger partial charge in [0, 0.05) is 17.8 Å². The lowest BCUT2D eigenvalue weighted by molar-refractivity contribution is -0.122. The Labute approximate surface area is 117 Å². The predicted molar refractivity (Wildman–Crippen MR) is 78.8 cm³/mol. The average Bonchev–Trinajstić information content (AvgIpc) is 2.88. The summed E-state index contributed by atoms with van der Waals surface area (Å²) in [4.78, 5) is 12.3. The predicted octanol–water partition coefficient (Wildman–Crippen LogP) is 2.52. The van der Waals surface area contributed by atoms with Gasteiger partial charge in [-0.2, -0.15) is 0 Å². The fourth-order valence-electron chi connectivity index (χ4n) is 2.33. The highest BCUT2D eigenvalue weighted by molar-refractivity contribution is 5.96. The van der Waals surface area contributed by atoms with Crippen molar-refractivity contribution in [3.8, 4) is 5.75 Å². The fraction of sp³-hybridized carbons (Fsp3) is 0.188. The second kappa shape index (κ2) is 4.89. The van der Waals surface area contributed by atoms with Gasteiger partial charge < -0.3 is 15.8 Å². The minimum Gasteiger partial charge on any atom is -0.480 e. The molecule has 2 aromatic rings. The Kier molecular flexibility index (Phi) is 3.06. The first-order valence-corrected chi connectivity index (χ1v) is 6.55. The number of benzene rings is 2. The zero-order chi connectivity index (χ0) is 14.1. The summed E-state index contributed by atoms with van der Waals surface area (Å²) in [5.74, 6) is 0.645. The number of ether oxygens (including phenoxy) is 1. The molecule has 1 aliphatic heterocycles. The highest BCUT2D eigenvalue weighted by atomic mass is 16.5. The standard InChI is InChI=1S/C16H16N2O2/c1-10-12(17)6-4-7-13(10)18-16(19)15-9-11-5-2-3-8-14(11)20-15/h2-8,15H,9,17H2,1H3,(H,18,19). The van der Waals surface area contributed by atoms with E-state index in [0.717, 1.165) is 22.6 Å². The Bertz CT molecular complexity index is 642. The Hall–Kier alpha value is -2.49. The van der Waals surface area contributed by atoms with Gasteiger partial charge in [0.1, 0.15) is 5.75 Å². The molecule has 1 amide bonds. The highest BCUT2D eigenvalue weighted by Crippen LogP contribution is 2.29. The third-order valence-corrected chi connectivity index (χ3v) is 3.57. The van der Waals surface area contributed by atoms with Gasteiger partial charge in [-0.3, -0.25) is 4.79 Å². The SMILES string of the molecule is Cc1c(N)cccc1NC(=O)C1Cc2ccccc2O1. The number of fused-ring (bicyclic) bond motifs is 1. The molecule has 3 rings (SSSR count). The molecule has 20 heavy (non-hydrogen) atoms. The molecule has 1 heterocycles. The second-order valence-corrected chi connectivity index (χ2v) is 4.93. The van der Waals surface area contributed by atoms with Crippen LogP contribution in [0.4, 0.5) is 11.4 Å². The number of nitrogen functional groups attached to an aromatic ring is 1. The van der Waals surface area contributed by atoms with Crippen LogP contribution in [0.15, 0.2) is 42.5 Å². The first kappa shape index (κ1) is 12.5. The molecule has 1 atom stereocenters. The van der Waals surface area contributed by atoms with E-state index >= 15 is 0 Å². The van der Waals surface area contributed by atoms with E-state index in [9.17, 15) is 4.79 Å². The van der Waals surface area contributed by atoms with Gasteiger partial charge in [0.05, 0.1) is 0 Å². The van der Waals surface area contributed by atoms with Crippen LogP contribution >= 0.6 is 0 Å². The molecule has 0 fully saturated rings. The van der Waals surface area contributed by atoms with Crippen molar-refractivity contribution in [1.29, 1.82) is 0 Å². The van der Waals surface area contributed by atoms with Crippen molar-refractivity contribution in [3.63, 3.8) is 0 Å². The second-order valence-electron chi connectivity index (χ2n) is 4.93. The van der Waals surface area contributed by atoms with E-state index < -0.39 is 6.10 Å². The highest BCUT2D eigenvalue weighted by Gasteiger charge is 2.28. The molecule has 0 spiro atoms. The maximum Gasteiger partial charge on any atom is 0.265 e. The maximum atomic E-state index is 12.3. The summed E-state index contributed by atoms with van der Waals surface area (Å²) in [7, 11) is 0. The van der Waals surface area contributed by atoms with Crippen molar-refractivity contribution in [1.82, 2.24) is 0 Å². The molecule has 0 bridgehead atoms. The Morgan fingerprint density at radius 1 is 1.25 bits per heavy atom. The molecule has 1 aliphatic rings. The summed E-state index contributed by atoms with van der Waals surface area (Å²) < 4.78 is 5.67.